The van der Waals surface area contributed by atoms with E-state index < -0.39 is 15.9 Å². The second kappa shape index (κ2) is 9.43. The van der Waals surface area contributed by atoms with Gasteiger partial charge in [-0.3, -0.25) is 9.78 Å². The lowest BCUT2D eigenvalue weighted by molar-refractivity contribution is -0.111. The largest absolute Gasteiger partial charge is 0.495 e. The molecule has 1 saturated heterocycles. The number of anilines is 1. The highest BCUT2D eigenvalue weighted by atomic mass is 32.2. The summed E-state index contributed by atoms with van der Waals surface area (Å²) in [4.78, 5) is 21.3. The fourth-order valence-corrected chi connectivity index (χ4v) is 4.70. The molecular formula is C22H22N4O5S. The summed E-state index contributed by atoms with van der Waals surface area (Å²) in [5.41, 5.74) is 2.26. The number of sulfonamides is 1. The van der Waals surface area contributed by atoms with Crippen LogP contribution in [-0.2, 0) is 19.6 Å². The molecule has 0 bridgehead atoms. The van der Waals surface area contributed by atoms with Gasteiger partial charge in [0.1, 0.15) is 5.75 Å². The van der Waals surface area contributed by atoms with Crippen LogP contribution in [0.15, 0.2) is 59.6 Å². The van der Waals surface area contributed by atoms with Gasteiger partial charge >= 0.3 is 0 Å². The van der Waals surface area contributed by atoms with Gasteiger partial charge in [0.25, 0.3) is 0 Å². The summed E-state index contributed by atoms with van der Waals surface area (Å²) >= 11 is 0. The van der Waals surface area contributed by atoms with Crippen LogP contribution in [-0.4, -0.2) is 62.0 Å². The SMILES string of the molecule is COc1ccc(S(=O)(=O)N2CCOCC2)cc1NC(=O)/C=C/c1cnc2ccccc2n1. The van der Waals surface area contributed by atoms with Gasteiger partial charge < -0.3 is 14.8 Å². The molecule has 4 rings (SSSR count). The topological polar surface area (TPSA) is 111 Å². The number of amides is 1. The van der Waals surface area contributed by atoms with Crippen LogP contribution in [0.4, 0.5) is 5.69 Å². The molecule has 0 spiro atoms. The summed E-state index contributed by atoms with van der Waals surface area (Å²) in [7, 11) is -2.27. The molecule has 1 aliphatic heterocycles. The van der Waals surface area contributed by atoms with Crippen molar-refractivity contribution >= 4 is 38.7 Å². The van der Waals surface area contributed by atoms with Gasteiger partial charge in [-0.2, -0.15) is 4.31 Å². The molecule has 1 N–H and O–H groups in total. The van der Waals surface area contributed by atoms with Crippen molar-refractivity contribution in [2.75, 3.05) is 38.7 Å². The lowest BCUT2D eigenvalue weighted by atomic mass is 10.2. The molecular weight excluding hydrogens is 432 g/mol. The van der Waals surface area contributed by atoms with Crippen molar-refractivity contribution in [3.8, 4) is 5.75 Å². The molecule has 3 aromatic rings. The number of aromatic nitrogens is 2. The van der Waals surface area contributed by atoms with Crippen LogP contribution in [0, 0.1) is 0 Å². The summed E-state index contributed by atoms with van der Waals surface area (Å²) in [6.45, 7) is 1.26. The van der Waals surface area contributed by atoms with Crippen molar-refractivity contribution in [2.45, 2.75) is 4.90 Å². The molecule has 0 aliphatic carbocycles. The number of benzene rings is 2. The van der Waals surface area contributed by atoms with Crippen molar-refractivity contribution in [1.29, 1.82) is 0 Å². The summed E-state index contributed by atoms with van der Waals surface area (Å²) < 4.78 is 37.7. The number of carbonyl (C=O) groups is 1. The van der Waals surface area contributed by atoms with Gasteiger partial charge in [0.15, 0.2) is 0 Å². The highest BCUT2D eigenvalue weighted by molar-refractivity contribution is 7.89. The van der Waals surface area contributed by atoms with Crippen LogP contribution in [0.5, 0.6) is 5.75 Å². The molecule has 0 radical (unpaired) electrons. The number of fused-ring (bicyclic) bond motifs is 1. The summed E-state index contributed by atoms with van der Waals surface area (Å²) in [6, 6.07) is 11.8. The number of hydrogen-bond acceptors (Lipinski definition) is 7. The smallest absolute Gasteiger partial charge is 0.248 e. The van der Waals surface area contributed by atoms with Gasteiger partial charge in [-0.25, -0.2) is 13.4 Å². The Bertz CT molecular complexity index is 1270. The predicted molar refractivity (Wildman–Crippen MR) is 120 cm³/mol. The number of morpholine rings is 1. The fraction of sp³-hybridized carbons (Fsp3) is 0.227. The Morgan fingerprint density at radius 3 is 2.66 bits per heavy atom. The van der Waals surface area contributed by atoms with Crippen LogP contribution in [0.1, 0.15) is 5.69 Å². The van der Waals surface area contributed by atoms with E-state index in [1.54, 1.807) is 6.20 Å². The molecule has 9 nitrogen and oxygen atoms in total. The first-order valence-corrected chi connectivity index (χ1v) is 11.4. The Balaban J connectivity index is 1.53. The number of methoxy groups -OCH3 is 1. The van der Waals surface area contributed by atoms with Crippen molar-refractivity contribution < 1.29 is 22.7 Å². The Hall–Kier alpha value is -3.34. The minimum Gasteiger partial charge on any atom is -0.495 e. The molecule has 0 unspecified atom stereocenters. The molecule has 2 heterocycles. The van der Waals surface area contributed by atoms with Gasteiger partial charge in [-0.05, 0) is 36.4 Å². The number of ether oxygens (including phenoxy) is 2. The first-order chi connectivity index (χ1) is 15.5. The summed E-state index contributed by atoms with van der Waals surface area (Å²) in [6.07, 6.45) is 4.42. The Morgan fingerprint density at radius 2 is 1.91 bits per heavy atom. The maximum atomic E-state index is 12.9. The number of rotatable bonds is 6. The van der Waals surface area contributed by atoms with E-state index in [2.05, 4.69) is 15.3 Å². The molecule has 1 aliphatic rings. The highest BCUT2D eigenvalue weighted by Gasteiger charge is 2.27. The number of carbonyl (C=O) groups excluding carboxylic acids is 1. The van der Waals surface area contributed by atoms with Crippen LogP contribution >= 0.6 is 0 Å². The Morgan fingerprint density at radius 1 is 1.16 bits per heavy atom. The third-order valence-electron chi connectivity index (χ3n) is 4.91. The normalized spacial score (nSPS) is 15.2. The number of hydrogen-bond donors (Lipinski definition) is 1. The van der Waals surface area contributed by atoms with E-state index in [4.69, 9.17) is 9.47 Å². The molecule has 2 aromatic carbocycles. The van der Waals surface area contributed by atoms with Crippen LogP contribution in [0.3, 0.4) is 0 Å². The maximum Gasteiger partial charge on any atom is 0.248 e. The van der Waals surface area contributed by atoms with E-state index in [0.29, 0.717) is 24.7 Å². The lowest BCUT2D eigenvalue weighted by Crippen LogP contribution is -2.40. The zero-order valence-corrected chi connectivity index (χ0v) is 18.2. The predicted octanol–water partition coefficient (Wildman–Crippen LogP) is 2.31. The van der Waals surface area contributed by atoms with E-state index in [1.807, 2.05) is 24.3 Å². The van der Waals surface area contributed by atoms with Gasteiger partial charge in [-0.1, -0.05) is 12.1 Å². The van der Waals surface area contributed by atoms with Gasteiger partial charge in [-0.15, -0.1) is 0 Å². The van der Waals surface area contributed by atoms with E-state index in [9.17, 15) is 13.2 Å². The standard InChI is InChI=1S/C22H22N4O5S/c1-30-21-8-7-17(32(28,29)26-10-12-31-13-11-26)14-20(21)25-22(27)9-6-16-15-23-18-4-2-3-5-19(18)24-16/h2-9,14-15H,10-13H2,1H3,(H,25,27)/b9-6+. The molecule has 1 amide bonds. The first-order valence-electron chi connectivity index (χ1n) is 9.94. The first kappa shape index (κ1) is 21.9. The molecule has 1 aromatic heterocycles. The molecule has 0 atom stereocenters. The summed E-state index contributed by atoms with van der Waals surface area (Å²) in [5, 5.41) is 2.68. The van der Waals surface area contributed by atoms with Gasteiger partial charge in [0, 0.05) is 19.2 Å². The monoisotopic (exact) mass is 454 g/mol. The zero-order chi connectivity index (χ0) is 22.6. The van der Waals surface area contributed by atoms with E-state index in [0.717, 1.165) is 11.0 Å². The van der Waals surface area contributed by atoms with Crippen molar-refractivity contribution in [1.82, 2.24) is 14.3 Å². The minimum absolute atomic E-state index is 0.0693. The molecule has 32 heavy (non-hydrogen) atoms. The van der Waals surface area contributed by atoms with Crippen LogP contribution in [0.2, 0.25) is 0 Å². The molecule has 166 valence electrons. The Kier molecular flexibility index (Phi) is 6.45. The van der Waals surface area contributed by atoms with Gasteiger partial charge in [0.05, 0.1) is 53.8 Å². The maximum absolute atomic E-state index is 12.9. The van der Waals surface area contributed by atoms with Crippen molar-refractivity contribution in [3.63, 3.8) is 0 Å². The lowest BCUT2D eigenvalue weighted by Gasteiger charge is -2.26. The minimum atomic E-state index is -3.71. The third kappa shape index (κ3) is 4.77. The van der Waals surface area contributed by atoms with Gasteiger partial charge in [0.2, 0.25) is 15.9 Å². The van der Waals surface area contributed by atoms with E-state index in [1.165, 1.54) is 41.8 Å². The second-order valence-corrected chi connectivity index (χ2v) is 8.92. The van der Waals surface area contributed by atoms with Crippen molar-refractivity contribution in [2.24, 2.45) is 0 Å². The van der Waals surface area contributed by atoms with Crippen LogP contribution < -0.4 is 10.1 Å². The molecule has 10 heteroatoms. The number of nitrogens with zero attached hydrogens (tertiary/aromatic N) is 3. The van der Waals surface area contributed by atoms with E-state index >= 15 is 0 Å². The Labute approximate surface area is 185 Å². The molecule has 1 fully saturated rings. The zero-order valence-electron chi connectivity index (χ0n) is 17.4. The average Bonchev–Trinajstić information content (AvgIpc) is 2.83. The van der Waals surface area contributed by atoms with Crippen LogP contribution in [0.25, 0.3) is 17.1 Å². The number of para-hydroxylation sites is 2. The number of nitrogens with one attached hydrogen (secondary N) is 1. The van der Waals surface area contributed by atoms with E-state index in [-0.39, 0.29) is 23.7 Å². The van der Waals surface area contributed by atoms with Crippen molar-refractivity contribution in [3.05, 3.63) is 60.4 Å². The molecule has 0 saturated carbocycles. The highest BCUT2D eigenvalue weighted by Crippen LogP contribution is 2.29. The summed E-state index contributed by atoms with van der Waals surface area (Å²) in [5.74, 6) is -0.114. The quantitative estimate of drug-likeness (QED) is 0.569. The second-order valence-electron chi connectivity index (χ2n) is 6.98. The average molecular weight is 455 g/mol. The fourth-order valence-electron chi connectivity index (χ4n) is 3.27. The third-order valence-corrected chi connectivity index (χ3v) is 6.80.